The van der Waals surface area contributed by atoms with Gasteiger partial charge in [0.15, 0.2) is 17.3 Å². The Bertz CT molecular complexity index is 488. The number of likely N-dealkylation sites (N-methyl/N-ethyl adjacent to an activating group) is 1. The van der Waals surface area contributed by atoms with Gasteiger partial charge in [-0.3, -0.25) is 0 Å². The van der Waals surface area contributed by atoms with E-state index in [1.807, 2.05) is 0 Å². The van der Waals surface area contributed by atoms with E-state index in [9.17, 15) is 5.11 Å². The van der Waals surface area contributed by atoms with E-state index < -0.39 is 5.60 Å². The molecule has 0 radical (unpaired) electrons. The number of anilines is 1. The summed E-state index contributed by atoms with van der Waals surface area (Å²) in [6, 6.07) is 0. The van der Waals surface area contributed by atoms with Crippen molar-refractivity contribution in [2.24, 2.45) is 10.9 Å². The van der Waals surface area contributed by atoms with Crippen LogP contribution in [0.15, 0.2) is 17.5 Å². The molecule has 2 rings (SSSR count). The lowest BCUT2D eigenvalue weighted by atomic mass is 9.94. The summed E-state index contributed by atoms with van der Waals surface area (Å²) < 4.78 is 5.25. The molecule has 0 atom stereocenters. The minimum absolute atomic E-state index is 0.112. The Kier molecular flexibility index (Phi) is 4.35. The number of aliphatic hydroxyl groups is 1. The van der Waals surface area contributed by atoms with Gasteiger partial charge in [0, 0.05) is 52.0 Å². The van der Waals surface area contributed by atoms with Crippen LogP contribution >= 0.6 is 0 Å². The number of aromatic nitrogens is 2. The number of ether oxygens (including phenoxy) is 1. The Morgan fingerprint density at radius 1 is 1.45 bits per heavy atom. The fraction of sp³-hybridized carbons (Fsp3) is 0.583. The van der Waals surface area contributed by atoms with E-state index in [2.05, 4.69) is 15.1 Å². The number of amidine groups is 1. The highest BCUT2D eigenvalue weighted by Crippen LogP contribution is 2.24. The van der Waals surface area contributed by atoms with E-state index in [1.54, 1.807) is 11.9 Å². The molecule has 1 saturated heterocycles. The molecular weight excluding hydrogens is 262 g/mol. The van der Waals surface area contributed by atoms with Gasteiger partial charge >= 0.3 is 0 Å². The first-order valence-corrected chi connectivity index (χ1v) is 6.36. The Hall–Kier alpha value is -1.93. The number of hydrogen-bond acceptors (Lipinski definition) is 7. The molecule has 4 N–H and O–H groups in total. The van der Waals surface area contributed by atoms with Crippen molar-refractivity contribution in [2.75, 3.05) is 31.7 Å². The van der Waals surface area contributed by atoms with Gasteiger partial charge < -0.3 is 25.7 Å². The van der Waals surface area contributed by atoms with E-state index in [0.717, 1.165) is 0 Å². The van der Waals surface area contributed by atoms with Gasteiger partial charge in [0.1, 0.15) is 0 Å². The first-order valence-electron chi connectivity index (χ1n) is 6.36. The Labute approximate surface area is 116 Å². The fourth-order valence-electron chi connectivity index (χ4n) is 2.26. The van der Waals surface area contributed by atoms with Gasteiger partial charge in [-0.05, 0) is 0 Å². The molecule has 1 aromatic heterocycles. The predicted octanol–water partition coefficient (Wildman–Crippen LogP) is -0.451. The summed E-state index contributed by atoms with van der Waals surface area (Å²) in [5.74, 6) is 0.349. The molecule has 0 spiro atoms. The number of hydrogen-bond donors (Lipinski definition) is 3. The van der Waals surface area contributed by atoms with Crippen LogP contribution in [0.3, 0.4) is 0 Å². The van der Waals surface area contributed by atoms with Crippen LogP contribution in [0.4, 0.5) is 5.82 Å². The highest BCUT2D eigenvalue weighted by molar-refractivity contribution is 5.99. The van der Waals surface area contributed by atoms with Crippen molar-refractivity contribution in [1.29, 1.82) is 0 Å². The van der Waals surface area contributed by atoms with Crippen LogP contribution in [-0.2, 0) is 4.74 Å². The summed E-state index contributed by atoms with van der Waals surface area (Å²) in [6.45, 7) is 1.45. The molecule has 8 heteroatoms. The van der Waals surface area contributed by atoms with Crippen molar-refractivity contribution in [3.05, 3.63) is 18.1 Å². The highest BCUT2D eigenvalue weighted by atomic mass is 16.5. The fourth-order valence-corrected chi connectivity index (χ4v) is 2.26. The summed E-state index contributed by atoms with van der Waals surface area (Å²) in [7, 11) is 1.78. The average molecular weight is 281 g/mol. The maximum absolute atomic E-state index is 10.5. The van der Waals surface area contributed by atoms with Crippen molar-refractivity contribution in [3.8, 4) is 0 Å². The summed E-state index contributed by atoms with van der Waals surface area (Å²) >= 11 is 0. The molecule has 0 unspecified atom stereocenters. The Morgan fingerprint density at radius 2 is 2.10 bits per heavy atom. The zero-order chi connectivity index (χ0) is 14.6. The minimum Gasteiger partial charge on any atom is -0.409 e. The molecule has 1 aromatic rings. The van der Waals surface area contributed by atoms with Crippen LogP contribution in [0.5, 0.6) is 0 Å². The first-order chi connectivity index (χ1) is 9.56. The first kappa shape index (κ1) is 14.5. The monoisotopic (exact) mass is 281 g/mol. The molecule has 1 aliphatic rings. The molecule has 0 aromatic carbocycles. The molecule has 20 heavy (non-hydrogen) atoms. The summed E-state index contributed by atoms with van der Waals surface area (Å²) in [5.41, 5.74) is 5.05. The van der Waals surface area contributed by atoms with Crippen LogP contribution in [0, 0.1) is 0 Å². The topological polar surface area (TPSA) is 117 Å². The summed E-state index contributed by atoms with van der Waals surface area (Å²) in [4.78, 5) is 10.0. The maximum atomic E-state index is 10.5. The molecule has 2 heterocycles. The average Bonchev–Trinajstić information content (AvgIpc) is 2.46. The maximum Gasteiger partial charge on any atom is 0.192 e. The van der Waals surface area contributed by atoms with Gasteiger partial charge in [-0.2, -0.15) is 0 Å². The molecular formula is C12H19N5O3. The van der Waals surface area contributed by atoms with Crippen LogP contribution in [0.2, 0.25) is 0 Å². The van der Waals surface area contributed by atoms with Gasteiger partial charge in [-0.15, -0.1) is 0 Å². The molecule has 0 saturated carbocycles. The largest absolute Gasteiger partial charge is 0.409 e. The standard InChI is InChI=1S/C12H19N5O3/c1-17(8-12(18)2-6-20-7-3-12)11-9(10(13)16-19)14-4-5-15-11/h4-5,18-19H,2-3,6-8H2,1H3,(H2,13,16). The molecule has 0 aliphatic carbocycles. The molecule has 8 nitrogen and oxygen atoms in total. The zero-order valence-electron chi connectivity index (χ0n) is 11.4. The van der Waals surface area contributed by atoms with E-state index in [0.29, 0.717) is 38.4 Å². The van der Waals surface area contributed by atoms with Gasteiger partial charge in [-0.1, -0.05) is 5.16 Å². The molecule has 0 bridgehead atoms. The SMILES string of the molecule is CN(CC1(O)CCOCC1)c1nccnc1C(N)=NO. The predicted molar refractivity (Wildman–Crippen MR) is 72.8 cm³/mol. The quantitative estimate of drug-likeness (QED) is 0.296. The third-order valence-electron chi connectivity index (χ3n) is 3.35. The molecule has 110 valence electrons. The summed E-state index contributed by atoms with van der Waals surface area (Å²) in [6.07, 6.45) is 4.12. The molecule has 1 fully saturated rings. The number of rotatable bonds is 4. The van der Waals surface area contributed by atoms with Crippen LogP contribution in [0.25, 0.3) is 0 Å². The van der Waals surface area contributed by atoms with Crippen LogP contribution in [-0.4, -0.2) is 58.5 Å². The number of nitrogens with zero attached hydrogens (tertiary/aromatic N) is 4. The lowest BCUT2D eigenvalue weighted by Gasteiger charge is -2.36. The van der Waals surface area contributed by atoms with Crippen molar-refractivity contribution < 1.29 is 15.1 Å². The van der Waals surface area contributed by atoms with E-state index >= 15 is 0 Å². The van der Waals surface area contributed by atoms with Crippen molar-refractivity contribution in [2.45, 2.75) is 18.4 Å². The second-order valence-electron chi connectivity index (χ2n) is 4.91. The third-order valence-corrected chi connectivity index (χ3v) is 3.35. The van der Waals surface area contributed by atoms with Crippen LogP contribution < -0.4 is 10.6 Å². The Morgan fingerprint density at radius 3 is 2.75 bits per heavy atom. The van der Waals surface area contributed by atoms with E-state index in [-0.39, 0.29) is 11.5 Å². The van der Waals surface area contributed by atoms with E-state index in [4.69, 9.17) is 15.7 Å². The van der Waals surface area contributed by atoms with Gasteiger partial charge in [0.05, 0.1) is 5.60 Å². The van der Waals surface area contributed by atoms with Gasteiger partial charge in [0.2, 0.25) is 0 Å². The second-order valence-corrected chi connectivity index (χ2v) is 4.91. The lowest BCUT2D eigenvalue weighted by molar-refractivity contribution is -0.0573. The highest BCUT2D eigenvalue weighted by Gasteiger charge is 2.32. The van der Waals surface area contributed by atoms with Gasteiger partial charge in [0.25, 0.3) is 0 Å². The summed E-state index contributed by atoms with van der Waals surface area (Å²) in [5, 5.41) is 22.2. The minimum atomic E-state index is -0.826. The van der Waals surface area contributed by atoms with E-state index in [1.165, 1.54) is 12.4 Å². The van der Waals surface area contributed by atoms with Crippen LogP contribution in [0.1, 0.15) is 18.5 Å². The third kappa shape index (κ3) is 3.14. The normalized spacial score (nSPS) is 18.8. The smallest absolute Gasteiger partial charge is 0.192 e. The van der Waals surface area contributed by atoms with Crippen molar-refractivity contribution in [1.82, 2.24) is 9.97 Å². The van der Waals surface area contributed by atoms with Crippen molar-refractivity contribution >= 4 is 11.7 Å². The van der Waals surface area contributed by atoms with Gasteiger partial charge in [-0.25, -0.2) is 9.97 Å². The molecule has 1 aliphatic heterocycles. The molecule has 0 amide bonds. The van der Waals surface area contributed by atoms with Crippen molar-refractivity contribution in [3.63, 3.8) is 0 Å². The Balaban J connectivity index is 2.19. The second kappa shape index (κ2) is 6.02. The zero-order valence-corrected chi connectivity index (χ0v) is 11.4. The lowest BCUT2D eigenvalue weighted by Crippen LogP contribution is -2.46. The number of nitrogens with two attached hydrogens (primary N) is 1. The number of oxime groups is 1.